The molecule has 8 aromatic carbocycles. The lowest BCUT2D eigenvalue weighted by molar-refractivity contribution is 0.103. The first-order valence-corrected chi connectivity index (χ1v) is 18.1. The Morgan fingerprint density at radius 2 is 0.519 bits per heavy atom. The maximum atomic E-state index is 15.0. The second-order valence-corrected chi connectivity index (χ2v) is 14.6. The molecular weight excluding hydrogens is 629 g/mol. The average Bonchev–Trinajstić information content (AvgIpc) is 3.89. The molecule has 0 aromatic heterocycles. The van der Waals surface area contributed by atoms with Gasteiger partial charge in [0.2, 0.25) is 0 Å². The quantitative estimate of drug-likeness (QED) is 0.169. The fourth-order valence-corrected chi connectivity index (χ4v) is 10.6. The third-order valence-electron chi connectivity index (χ3n) is 12.5. The molecule has 0 heterocycles. The van der Waals surface area contributed by atoms with E-state index in [-0.39, 0.29) is 7.21 Å². The summed E-state index contributed by atoms with van der Waals surface area (Å²) in [5, 5.41) is 0. The molecule has 1 nitrogen and oxygen atoms in total. The Labute approximate surface area is 304 Å². The van der Waals surface area contributed by atoms with Gasteiger partial charge in [-0.3, -0.25) is 4.79 Å². The summed E-state index contributed by atoms with van der Waals surface area (Å²) in [5.74, 6) is 0.0435. The summed E-state index contributed by atoms with van der Waals surface area (Å²) in [4.78, 5) is 15.0. The van der Waals surface area contributed by atoms with Gasteiger partial charge in [-0.15, -0.1) is 0 Å². The molecule has 0 N–H and O–H groups in total. The van der Waals surface area contributed by atoms with Crippen LogP contribution < -0.4 is 0 Å². The highest BCUT2D eigenvalue weighted by Crippen LogP contribution is 2.64. The van der Waals surface area contributed by atoms with Crippen LogP contribution >= 0.6 is 0 Å². The lowest BCUT2D eigenvalue weighted by Crippen LogP contribution is -2.26. The molecule has 4 aliphatic rings. The summed E-state index contributed by atoms with van der Waals surface area (Å²) in [6.07, 6.45) is 0. The minimum absolute atomic E-state index is 0. The Kier molecular flexibility index (Phi) is 5.31. The van der Waals surface area contributed by atoms with Gasteiger partial charge in [0.1, 0.15) is 0 Å². The van der Waals surface area contributed by atoms with Crippen LogP contribution in [0.15, 0.2) is 182 Å². The number of hydrogen-bond acceptors (Lipinski definition) is 1. The molecule has 0 fully saturated rings. The van der Waals surface area contributed by atoms with Crippen molar-refractivity contribution in [3.05, 3.63) is 238 Å². The number of rotatable bonds is 2. The molecule has 0 radical (unpaired) electrons. The van der Waals surface area contributed by atoms with Crippen LogP contribution in [0, 0.1) is 0 Å². The molecule has 52 heavy (non-hydrogen) atoms. The Balaban J connectivity index is 0.00000331. The molecule has 0 atom stereocenters. The van der Waals surface area contributed by atoms with E-state index in [9.17, 15) is 4.79 Å². The van der Waals surface area contributed by atoms with Gasteiger partial charge in [-0.25, -0.2) is 0 Å². The topological polar surface area (TPSA) is 17.1 Å². The van der Waals surface area contributed by atoms with Crippen molar-refractivity contribution in [2.24, 2.45) is 0 Å². The van der Waals surface area contributed by atoms with Gasteiger partial charge in [0.05, 0.1) is 10.8 Å². The van der Waals surface area contributed by atoms with Crippen LogP contribution in [0.5, 0.6) is 0 Å². The molecule has 0 unspecified atom stereocenters. The van der Waals surface area contributed by atoms with E-state index in [4.69, 9.17) is 0 Å². The van der Waals surface area contributed by atoms with Gasteiger partial charge in [-0.2, -0.15) is 0 Å². The van der Waals surface area contributed by atoms with E-state index in [1.165, 1.54) is 89.0 Å². The molecule has 2 spiro atoms. The predicted octanol–water partition coefficient (Wildman–Crippen LogP) is 11.9. The lowest BCUT2D eigenvalue weighted by atomic mass is 9.70. The van der Waals surface area contributed by atoms with E-state index in [0.29, 0.717) is 11.1 Å². The summed E-state index contributed by atoms with van der Waals surface area (Å²) in [7, 11) is 0. The van der Waals surface area contributed by atoms with Crippen LogP contribution in [0.1, 0.15) is 61.9 Å². The third kappa shape index (κ3) is 3.15. The fourth-order valence-electron chi connectivity index (χ4n) is 10.6. The van der Waals surface area contributed by atoms with E-state index < -0.39 is 10.8 Å². The van der Waals surface area contributed by atoms with Crippen LogP contribution in [0.25, 0.3) is 44.5 Å². The first kappa shape index (κ1) is 28.2. The first-order chi connectivity index (χ1) is 25.7. The first-order valence-electron chi connectivity index (χ1n) is 18.1. The van der Waals surface area contributed by atoms with Gasteiger partial charge in [0, 0.05) is 12.6 Å². The van der Waals surface area contributed by atoms with Crippen LogP contribution in [0.2, 0.25) is 0 Å². The van der Waals surface area contributed by atoms with Gasteiger partial charge < -0.3 is 0 Å². The van der Waals surface area contributed by atoms with E-state index in [0.717, 1.165) is 0 Å². The molecule has 0 saturated heterocycles. The van der Waals surface area contributed by atoms with Crippen molar-refractivity contribution in [2.75, 3.05) is 0 Å². The monoisotopic (exact) mass is 660 g/mol. The van der Waals surface area contributed by atoms with Gasteiger partial charge in [-0.05, 0) is 101 Å². The molecule has 4 aliphatic carbocycles. The van der Waals surface area contributed by atoms with E-state index >= 15 is 0 Å². The Bertz CT molecular complexity index is 2570. The molecule has 242 valence electrons. The molecule has 0 saturated carbocycles. The van der Waals surface area contributed by atoms with Crippen LogP contribution in [0.3, 0.4) is 0 Å². The van der Waals surface area contributed by atoms with Gasteiger partial charge in [0.25, 0.3) is 0 Å². The Hall–Kier alpha value is -6.57. The van der Waals surface area contributed by atoms with E-state index in [1.54, 1.807) is 0 Å². The van der Waals surface area contributed by atoms with Gasteiger partial charge >= 0.3 is 0 Å². The lowest BCUT2D eigenvalue weighted by Gasteiger charge is -2.31. The third-order valence-corrected chi connectivity index (χ3v) is 12.5. The molecule has 1 heteroatoms. The maximum absolute atomic E-state index is 15.0. The van der Waals surface area contributed by atoms with Gasteiger partial charge in [0.15, 0.2) is 5.78 Å². The van der Waals surface area contributed by atoms with Crippen molar-refractivity contribution in [2.45, 2.75) is 10.8 Å². The van der Waals surface area contributed by atoms with E-state index in [2.05, 4.69) is 170 Å². The molecular formula is C51H32O. The minimum atomic E-state index is -0.490. The van der Waals surface area contributed by atoms with E-state index in [1.807, 2.05) is 12.1 Å². The molecule has 12 rings (SSSR count). The van der Waals surface area contributed by atoms with Crippen LogP contribution in [0.4, 0.5) is 0 Å². The number of ketones is 1. The number of carbonyl (C=O) groups excluding carboxylic acids is 1. The Morgan fingerprint density at radius 3 is 0.788 bits per heavy atom. The highest BCUT2D eigenvalue weighted by atomic mass is 16.1. The second-order valence-electron chi connectivity index (χ2n) is 14.6. The normalized spacial score (nSPS) is 14.9. The van der Waals surface area contributed by atoms with Crippen molar-refractivity contribution in [3.63, 3.8) is 0 Å². The zero-order valence-corrected chi connectivity index (χ0v) is 28.2. The van der Waals surface area contributed by atoms with Gasteiger partial charge in [-0.1, -0.05) is 170 Å². The number of benzene rings is 8. The summed E-state index contributed by atoms with van der Waals surface area (Å²) in [5.41, 5.74) is 20.4. The molecule has 0 amide bonds. The summed E-state index contributed by atoms with van der Waals surface area (Å²) in [6.45, 7) is 0. The molecule has 8 aromatic rings. The highest BCUT2D eigenvalue weighted by Gasteiger charge is 2.53. The molecule has 0 aliphatic heterocycles. The van der Waals surface area contributed by atoms with Crippen molar-refractivity contribution in [3.8, 4) is 44.5 Å². The SMILES string of the molecule is O=C(c1ccc2c(c1)C1(c3ccccc3-c3ccccc31)c1ccccc1-2)c1ccc2c(c1)C1(c3ccccc3-c3ccccc31)c1ccccc1-2.[HH]. The minimum Gasteiger partial charge on any atom is -0.289 e. The molecule has 0 bridgehead atoms. The van der Waals surface area contributed by atoms with Crippen LogP contribution in [-0.2, 0) is 10.8 Å². The summed E-state index contributed by atoms with van der Waals surface area (Å²) in [6, 6.07) is 65.7. The number of fused-ring (bicyclic) bond motifs is 20. The summed E-state index contributed by atoms with van der Waals surface area (Å²) >= 11 is 0. The second kappa shape index (κ2) is 9.81. The average molecular weight is 661 g/mol. The predicted molar refractivity (Wildman–Crippen MR) is 211 cm³/mol. The van der Waals surface area contributed by atoms with Crippen molar-refractivity contribution in [1.29, 1.82) is 0 Å². The Morgan fingerprint density at radius 1 is 0.288 bits per heavy atom. The standard InChI is InChI=1S/C51H30O.H2/c52-49(31-25-27-39-37-17-5-11-23-45(37)50(47(39)29-31)41-19-7-1-13-33(41)34-14-2-8-20-42(34)50)32-26-28-40-38-18-6-12-24-46(38)51(48(40)30-32)43-21-9-3-15-35(43)36-16-4-10-22-44(36)51;/h1-30H;1H. The zero-order chi connectivity index (χ0) is 34.2. The van der Waals surface area contributed by atoms with Crippen molar-refractivity contribution in [1.82, 2.24) is 0 Å². The number of carbonyl (C=O) groups is 1. The smallest absolute Gasteiger partial charge is 0.193 e. The van der Waals surface area contributed by atoms with Crippen LogP contribution in [-0.4, -0.2) is 5.78 Å². The maximum Gasteiger partial charge on any atom is 0.193 e. The van der Waals surface area contributed by atoms with Crippen molar-refractivity contribution < 1.29 is 6.22 Å². The number of hydrogen-bond donors (Lipinski definition) is 0. The zero-order valence-electron chi connectivity index (χ0n) is 28.2. The largest absolute Gasteiger partial charge is 0.289 e. The summed E-state index contributed by atoms with van der Waals surface area (Å²) < 4.78 is 0. The highest BCUT2D eigenvalue weighted by molar-refractivity contribution is 6.11. The van der Waals surface area contributed by atoms with Crippen molar-refractivity contribution >= 4 is 5.78 Å². The fraction of sp³-hybridized carbons (Fsp3) is 0.0392.